The number of nitrogens with zero attached hydrogens (tertiary/aromatic N) is 1. The Kier molecular flexibility index (Phi) is 0.806. The first-order chi connectivity index (χ1) is 2.50. The van der Waals surface area contributed by atoms with Crippen molar-refractivity contribution in [1.29, 1.82) is 0 Å². The van der Waals surface area contributed by atoms with Crippen LogP contribution in [-0.2, 0) is 9.78 Å². The van der Waals surface area contributed by atoms with Crippen LogP contribution in [0.3, 0.4) is 0 Å². The second-order valence-corrected chi connectivity index (χ2v) is 0.577. The van der Waals surface area contributed by atoms with E-state index in [4.69, 9.17) is 0 Å². The maximum atomic E-state index is 4.31. The van der Waals surface area contributed by atoms with Gasteiger partial charge in [-0.05, 0) is 5.48 Å². The lowest BCUT2D eigenvalue weighted by Crippen LogP contribution is -2.01. The summed E-state index contributed by atoms with van der Waals surface area (Å²) < 4.78 is 0. The highest BCUT2D eigenvalue weighted by Crippen LogP contribution is 1.71. The standard InChI is InChI=1S/CH3N2O2/c1-2-5-3-4-1/h3H,1H2. The fourth-order valence-electron chi connectivity index (χ4n) is 0.132. The maximum absolute atomic E-state index is 4.31. The summed E-state index contributed by atoms with van der Waals surface area (Å²) in [5, 5.41) is 0. The van der Waals surface area contributed by atoms with Crippen LogP contribution >= 0.6 is 0 Å². The molecule has 5 heavy (non-hydrogen) atoms. The van der Waals surface area contributed by atoms with E-state index < -0.39 is 0 Å². The van der Waals surface area contributed by atoms with E-state index in [1.54, 1.807) is 0 Å². The van der Waals surface area contributed by atoms with E-state index in [-0.39, 0.29) is 0 Å². The van der Waals surface area contributed by atoms with Gasteiger partial charge in [-0.3, -0.25) is 4.84 Å². The largest absolute Gasteiger partial charge is 0.255 e. The van der Waals surface area contributed by atoms with Crippen LogP contribution in [0.25, 0.3) is 0 Å². The Hall–Kier alpha value is -0.160. The van der Waals surface area contributed by atoms with Crippen LogP contribution in [0.2, 0.25) is 0 Å². The molecule has 29 valence electrons. The lowest BCUT2D eigenvalue weighted by atomic mass is 11.4. The molecule has 0 saturated carbocycles. The van der Waals surface area contributed by atoms with Crippen molar-refractivity contribution < 1.29 is 9.78 Å². The van der Waals surface area contributed by atoms with Gasteiger partial charge in [0, 0.05) is 0 Å². The van der Waals surface area contributed by atoms with Gasteiger partial charge in [-0.15, -0.1) is 0 Å². The Morgan fingerprint density at radius 3 is 3.00 bits per heavy atom. The van der Waals surface area contributed by atoms with Gasteiger partial charge in [0.15, 0.2) is 6.73 Å². The Balaban J connectivity index is 2.08. The molecule has 0 aromatic heterocycles. The fraction of sp³-hybridized carbons (Fsp3) is 1.00. The van der Waals surface area contributed by atoms with E-state index in [2.05, 4.69) is 20.9 Å². The van der Waals surface area contributed by atoms with Gasteiger partial charge in [-0.2, -0.15) is 4.94 Å². The molecule has 0 bridgehead atoms. The molecular weight excluding hydrogens is 72.0 g/mol. The van der Waals surface area contributed by atoms with Crippen LogP contribution in [0.1, 0.15) is 0 Å². The minimum atomic E-state index is 0.292. The van der Waals surface area contributed by atoms with Gasteiger partial charge >= 0.3 is 0 Å². The third kappa shape index (κ3) is 0.555. The lowest BCUT2D eigenvalue weighted by molar-refractivity contribution is -0.0917. The van der Waals surface area contributed by atoms with Crippen molar-refractivity contribution in [2.24, 2.45) is 0 Å². The normalized spacial score (nSPS) is 24.0. The van der Waals surface area contributed by atoms with Gasteiger partial charge < -0.3 is 0 Å². The number of hydroxylamine groups is 1. The summed E-state index contributed by atoms with van der Waals surface area (Å²) in [6.07, 6.45) is 0. The van der Waals surface area contributed by atoms with E-state index in [9.17, 15) is 0 Å². The monoisotopic (exact) mass is 75.0 g/mol. The molecule has 4 nitrogen and oxygen atoms in total. The van der Waals surface area contributed by atoms with Crippen molar-refractivity contribution in [2.75, 3.05) is 6.73 Å². The van der Waals surface area contributed by atoms with E-state index in [0.29, 0.717) is 6.73 Å². The van der Waals surface area contributed by atoms with Crippen LogP contribution < -0.4 is 11.1 Å². The van der Waals surface area contributed by atoms with Crippen molar-refractivity contribution in [3.05, 3.63) is 0 Å². The molecular formula is CH3N2O2. The van der Waals surface area contributed by atoms with Gasteiger partial charge in [0.2, 0.25) is 0 Å². The van der Waals surface area contributed by atoms with E-state index in [0.717, 1.165) is 0 Å². The first kappa shape index (κ1) is 3.05. The molecule has 0 unspecified atom stereocenters. The van der Waals surface area contributed by atoms with Crippen LogP contribution in [0.15, 0.2) is 0 Å². The quantitative estimate of drug-likeness (QED) is 0.398. The minimum absolute atomic E-state index is 0.292. The Morgan fingerprint density at radius 1 is 1.80 bits per heavy atom. The highest BCUT2D eigenvalue weighted by molar-refractivity contribution is 4.03. The number of nitrogens with one attached hydrogen (secondary N) is 1. The first-order valence-corrected chi connectivity index (χ1v) is 1.20. The van der Waals surface area contributed by atoms with E-state index in [1.807, 2.05) is 0 Å². The average molecular weight is 75.0 g/mol. The number of rotatable bonds is 0. The maximum Gasteiger partial charge on any atom is 0.167 e. The first-order valence-electron chi connectivity index (χ1n) is 1.20. The third-order valence-electron chi connectivity index (χ3n) is 0.278. The van der Waals surface area contributed by atoms with Crippen LogP contribution in [0, 0.1) is 0 Å². The molecule has 1 saturated heterocycles. The highest BCUT2D eigenvalue weighted by atomic mass is 17.0. The molecule has 1 aliphatic heterocycles. The molecule has 0 spiro atoms. The molecule has 0 aromatic rings. The SMILES string of the molecule is C1[N]ONO1. The summed E-state index contributed by atoms with van der Waals surface area (Å²) in [6, 6.07) is 0. The second-order valence-electron chi connectivity index (χ2n) is 0.577. The number of hydrogen-bond donors (Lipinski definition) is 1. The Morgan fingerprint density at radius 2 is 2.80 bits per heavy atom. The molecule has 0 amide bonds. The molecule has 1 heterocycles. The molecule has 0 aliphatic carbocycles. The average Bonchev–Trinajstić information content (AvgIpc) is 1.76. The summed E-state index contributed by atoms with van der Waals surface area (Å²) in [6.45, 7) is 0.292. The van der Waals surface area contributed by atoms with Crippen molar-refractivity contribution in [1.82, 2.24) is 11.1 Å². The van der Waals surface area contributed by atoms with Crippen LogP contribution in [0.5, 0.6) is 0 Å². The molecule has 0 aromatic carbocycles. The molecule has 0 atom stereocenters. The van der Waals surface area contributed by atoms with Gasteiger partial charge in [0.05, 0.1) is 0 Å². The van der Waals surface area contributed by atoms with Gasteiger partial charge in [0.1, 0.15) is 0 Å². The summed E-state index contributed by atoms with van der Waals surface area (Å²) >= 11 is 0. The third-order valence-corrected chi connectivity index (χ3v) is 0.278. The zero-order valence-electron chi connectivity index (χ0n) is 2.47. The number of hydrogen-bond acceptors (Lipinski definition) is 3. The summed E-state index contributed by atoms with van der Waals surface area (Å²) in [4.78, 5) is 8.40. The van der Waals surface area contributed by atoms with Crippen molar-refractivity contribution >= 4 is 0 Å². The highest BCUT2D eigenvalue weighted by Gasteiger charge is 1.94. The molecule has 1 N–H and O–H groups in total. The molecule has 1 aliphatic rings. The zero-order chi connectivity index (χ0) is 3.54. The van der Waals surface area contributed by atoms with Crippen molar-refractivity contribution in [2.45, 2.75) is 0 Å². The molecule has 1 radical (unpaired) electrons. The second kappa shape index (κ2) is 1.32. The predicted molar refractivity (Wildman–Crippen MR) is 12.3 cm³/mol. The smallest absolute Gasteiger partial charge is 0.167 e. The summed E-state index contributed by atoms with van der Waals surface area (Å²) in [5.41, 5.74) is 5.31. The lowest BCUT2D eigenvalue weighted by Gasteiger charge is -1.75. The summed E-state index contributed by atoms with van der Waals surface area (Å²) in [5.74, 6) is 0. The minimum Gasteiger partial charge on any atom is -0.255 e. The molecule has 1 fully saturated rings. The van der Waals surface area contributed by atoms with Gasteiger partial charge in [0.25, 0.3) is 0 Å². The van der Waals surface area contributed by atoms with Gasteiger partial charge in [-0.25, -0.2) is 0 Å². The zero-order valence-corrected chi connectivity index (χ0v) is 2.47. The van der Waals surface area contributed by atoms with Crippen molar-refractivity contribution in [3.8, 4) is 0 Å². The van der Waals surface area contributed by atoms with Crippen LogP contribution in [-0.4, -0.2) is 6.73 Å². The summed E-state index contributed by atoms with van der Waals surface area (Å²) in [7, 11) is 0. The van der Waals surface area contributed by atoms with E-state index >= 15 is 0 Å². The molecule has 4 heteroatoms. The Bertz CT molecular complexity index is 19.2. The van der Waals surface area contributed by atoms with E-state index in [1.165, 1.54) is 0 Å². The van der Waals surface area contributed by atoms with Crippen LogP contribution in [0.4, 0.5) is 0 Å². The fourth-order valence-corrected chi connectivity index (χ4v) is 0.132. The Labute approximate surface area is 28.9 Å². The van der Waals surface area contributed by atoms with Gasteiger partial charge in [-0.1, -0.05) is 5.64 Å². The predicted octanol–water partition coefficient (Wildman–Crippen LogP) is -1.07. The topological polar surface area (TPSA) is 44.6 Å². The van der Waals surface area contributed by atoms with Crippen molar-refractivity contribution in [3.63, 3.8) is 0 Å². The molecule has 1 rings (SSSR count).